The highest BCUT2D eigenvalue weighted by atomic mass is 16.7. The minimum Gasteiger partial charge on any atom is -0.457 e. The Bertz CT molecular complexity index is 1060. The lowest BCUT2D eigenvalue weighted by atomic mass is 9.99. The molecule has 350 valence electrons. The summed E-state index contributed by atoms with van der Waals surface area (Å²) in [5.41, 5.74) is 0. The van der Waals surface area contributed by atoms with Crippen LogP contribution in [0.2, 0.25) is 0 Å². The van der Waals surface area contributed by atoms with Gasteiger partial charge in [0.25, 0.3) is 0 Å². The van der Waals surface area contributed by atoms with Crippen molar-refractivity contribution in [2.75, 3.05) is 26.4 Å². The van der Waals surface area contributed by atoms with Gasteiger partial charge in [0.15, 0.2) is 6.29 Å². The smallest absolute Gasteiger partial charge is 0.306 e. The molecule has 1 fully saturated rings. The summed E-state index contributed by atoms with van der Waals surface area (Å²) in [5, 5.41) is 40.2. The van der Waals surface area contributed by atoms with E-state index in [-0.39, 0.29) is 19.2 Å². The molecule has 0 radical (unpaired) electrons. The largest absolute Gasteiger partial charge is 0.457 e. The van der Waals surface area contributed by atoms with Crippen LogP contribution in [-0.2, 0) is 23.7 Å². The second-order valence-electron chi connectivity index (χ2n) is 16.9. The molecule has 1 aliphatic rings. The van der Waals surface area contributed by atoms with E-state index in [9.17, 15) is 25.2 Å². The predicted octanol–water partition coefficient (Wildman–Crippen LogP) is 11.7. The van der Waals surface area contributed by atoms with Gasteiger partial charge in [-0.25, -0.2) is 0 Å². The summed E-state index contributed by atoms with van der Waals surface area (Å²) in [4.78, 5) is 12.8. The number of rotatable bonds is 42. The van der Waals surface area contributed by atoms with Crippen molar-refractivity contribution in [3.05, 3.63) is 48.6 Å². The van der Waals surface area contributed by atoms with E-state index in [4.69, 9.17) is 18.9 Å². The van der Waals surface area contributed by atoms with Crippen molar-refractivity contribution >= 4 is 5.97 Å². The number of allylic oxidation sites excluding steroid dienone is 8. The molecule has 0 saturated carbocycles. The van der Waals surface area contributed by atoms with Crippen LogP contribution in [0.1, 0.15) is 206 Å². The third-order valence-corrected chi connectivity index (χ3v) is 11.2. The standard InChI is InChI=1S/C51H92O9/c1-3-5-7-9-11-13-15-17-19-21-23-24-26-28-30-32-34-36-38-40-47(53)59-45(44-58-51-50(56)49(55)48(54)46(42-52)60-51)43-57-41-39-37-35-33-31-29-27-25-22-20-18-16-14-12-10-8-6-4-2/h11,13,17-20,23-24,45-46,48-52,54-56H,3-10,12,14-16,21-22,25-44H2,1-2H3/b13-11-,19-17-,20-18-,24-23-. The third-order valence-electron chi connectivity index (χ3n) is 11.2. The fraction of sp³-hybridized carbons (Fsp3) is 0.824. The molecule has 0 aromatic heterocycles. The van der Waals surface area contributed by atoms with Crippen LogP contribution in [0.4, 0.5) is 0 Å². The molecule has 60 heavy (non-hydrogen) atoms. The minimum absolute atomic E-state index is 0.120. The Labute approximate surface area is 367 Å². The van der Waals surface area contributed by atoms with Crippen molar-refractivity contribution in [1.29, 1.82) is 0 Å². The Morgan fingerprint density at radius 1 is 0.533 bits per heavy atom. The topological polar surface area (TPSA) is 135 Å². The summed E-state index contributed by atoms with van der Waals surface area (Å²) < 4.78 is 22.9. The van der Waals surface area contributed by atoms with Crippen LogP contribution in [0.3, 0.4) is 0 Å². The maximum Gasteiger partial charge on any atom is 0.306 e. The first kappa shape index (κ1) is 56.2. The number of ether oxygens (including phenoxy) is 4. The number of carbonyl (C=O) groups is 1. The number of aliphatic hydroxyl groups is 4. The molecule has 4 N–H and O–H groups in total. The lowest BCUT2D eigenvalue weighted by Gasteiger charge is -2.39. The van der Waals surface area contributed by atoms with E-state index in [2.05, 4.69) is 62.5 Å². The van der Waals surface area contributed by atoms with E-state index in [0.717, 1.165) is 57.8 Å². The Hall–Kier alpha value is -1.85. The molecule has 6 unspecified atom stereocenters. The molecule has 0 amide bonds. The average molecular weight is 849 g/mol. The SMILES string of the molecule is CCCCC/C=C\C/C=C\C/C=C\CCCCCCCCC(=O)OC(COCCCCCCCCCC/C=C\CCCCCCCC)COC1OC(CO)C(O)C(O)C1O. The van der Waals surface area contributed by atoms with Gasteiger partial charge in [-0.05, 0) is 77.0 Å². The van der Waals surface area contributed by atoms with Gasteiger partial charge in [-0.3, -0.25) is 4.79 Å². The first-order chi connectivity index (χ1) is 29.4. The van der Waals surface area contributed by atoms with E-state index in [1.807, 2.05) is 0 Å². The van der Waals surface area contributed by atoms with Crippen molar-refractivity contribution in [2.45, 2.75) is 243 Å². The van der Waals surface area contributed by atoms with Crippen molar-refractivity contribution in [3.63, 3.8) is 0 Å². The van der Waals surface area contributed by atoms with Gasteiger partial charge in [-0.2, -0.15) is 0 Å². The number of hydrogen-bond acceptors (Lipinski definition) is 9. The summed E-state index contributed by atoms with van der Waals surface area (Å²) in [5.74, 6) is -0.327. The van der Waals surface area contributed by atoms with Gasteiger partial charge in [-0.15, -0.1) is 0 Å². The number of aliphatic hydroxyl groups excluding tert-OH is 4. The van der Waals surface area contributed by atoms with Gasteiger partial charge in [-0.1, -0.05) is 172 Å². The average Bonchev–Trinajstić information content (AvgIpc) is 3.25. The Morgan fingerprint density at radius 3 is 1.50 bits per heavy atom. The van der Waals surface area contributed by atoms with E-state index in [1.165, 1.54) is 128 Å². The second-order valence-corrected chi connectivity index (χ2v) is 16.9. The molecule has 1 heterocycles. The quantitative estimate of drug-likeness (QED) is 0.0269. The summed E-state index contributed by atoms with van der Waals surface area (Å²) in [7, 11) is 0. The summed E-state index contributed by atoms with van der Waals surface area (Å²) in [6, 6.07) is 0. The first-order valence-electron chi connectivity index (χ1n) is 24.7. The molecular weight excluding hydrogens is 757 g/mol. The van der Waals surface area contributed by atoms with Gasteiger partial charge in [0.2, 0.25) is 0 Å². The van der Waals surface area contributed by atoms with Crippen molar-refractivity contribution in [3.8, 4) is 0 Å². The monoisotopic (exact) mass is 849 g/mol. The zero-order valence-corrected chi connectivity index (χ0v) is 38.5. The van der Waals surface area contributed by atoms with Crippen LogP contribution in [0.15, 0.2) is 48.6 Å². The second kappa shape index (κ2) is 42.5. The van der Waals surface area contributed by atoms with E-state index in [0.29, 0.717) is 13.0 Å². The summed E-state index contributed by atoms with van der Waals surface area (Å²) >= 11 is 0. The van der Waals surface area contributed by atoms with Crippen LogP contribution in [0, 0.1) is 0 Å². The highest BCUT2D eigenvalue weighted by Crippen LogP contribution is 2.22. The zero-order chi connectivity index (χ0) is 43.6. The Balaban J connectivity index is 2.24. The fourth-order valence-electron chi connectivity index (χ4n) is 7.32. The van der Waals surface area contributed by atoms with Gasteiger partial charge < -0.3 is 39.4 Å². The molecule has 9 nitrogen and oxygen atoms in total. The Morgan fingerprint density at radius 2 is 0.967 bits per heavy atom. The predicted molar refractivity (Wildman–Crippen MR) is 247 cm³/mol. The number of esters is 1. The first-order valence-corrected chi connectivity index (χ1v) is 24.7. The fourth-order valence-corrected chi connectivity index (χ4v) is 7.32. The number of unbranched alkanes of at least 4 members (excludes halogenated alkanes) is 23. The van der Waals surface area contributed by atoms with Crippen LogP contribution in [0.25, 0.3) is 0 Å². The molecule has 0 bridgehead atoms. The highest BCUT2D eigenvalue weighted by molar-refractivity contribution is 5.69. The van der Waals surface area contributed by atoms with E-state index >= 15 is 0 Å². The molecule has 0 aliphatic carbocycles. The molecule has 6 atom stereocenters. The van der Waals surface area contributed by atoms with Crippen molar-refractivity contribution < 1.29 is 44.2 Å². The molecule has 1 aliphatic heterocycles. The normalized spacial score (nSPS) is 20.4. The van der Waals surface area contributed by atoms with Gasteiger partial charge in [0.1, 0.15) is 30.5 Å². The zero-order valence-electron chi connectivity index (χ0n) is 38.5. The van der Waals surface area contributed by atoms with Crippen molar-refractivity contribution in [1.82, 2.24) is 0 Å². The molecule has 0 aromatic rings. The maximum absolute atomic E-state index is 12.8. The van der Waals surface area contributed by atoms with Crippen LogP contribution < -0.4 is 0 Å². The third kappa shape index (κ3) is 32.8. The summed E-state index contributed by atoms with van der Waals surface area (Å²) in [6.45, 7) is 4.52. The molecule has 9 heteroatoms. The number of carbonyl (C=O) groups excluding carboxylic acids is 1. The maximum atomic E-state index is 12.8. The molecule has 0 aromatic carbocycles. The number of hydrogen-bond donors (Lipinski definition) is 4. The minimum atomic E-state index is -1.54. The van der Waals surface area contributed by atoms with E-state index in [1.54, 1.807) is 0 Å². The lowest BCUT2D eigenvalue weighted by molar-refractivity contribution is -0.305. The van der Waals surface area contributed by atoms with Crippen LogP contribution >= 0.6 is 0 Å². The van der Waals surface area contributed by atoms with Gasteiger partial charge >= 0.3 is 5.97 Å². The van der Waals surface area contributed by atoms with E-state index < -0.39 is 43.4 Å². The lowest BCUT2D eigenvalue weighted by Crippen LogP contribution is -2.59. The molecule has 1 rings (SSSR count). The molecular formula is C51H92O9. The molecule has 1 saturated heterocycles. The molecule has 0 spiro atoms. The Kier molecular flexibility index (Phi) is 39.7. The van der Waals surface area contributed by atoms with Gasteiger partial charge in [0, 0.05) is 13.0 Å². The van der Waals surface area contributed by atoms with Crippen molar-refractivity contribution in [2.24, 2.45) is 0 Å². The summed E-state index contributed by atoms with van der Waals surface area (Å²) in [6.07, 6.45) is 45.6. The highest BCUT2D eigenvalue weighted by Gasteiger charge is 2.44. The van der Waals surface area contributed by atoms with Crippen LogP contribution in [-0.4, -0.2) is 89.6 Å². The van der Waals surface area contributed by atoms with Crippen LogP contribution in [0.5, 0.6) is 0 Å². The van der Waals surface area contributed by atoms with Gasteiger partial charge in [0.05, 0.1) is 19.8 Å².